The molecule has 5 amide bonds. The topological polar surface area (TPSA) is 131 Å². The van der Waals surface area contributed by atoms with Gasteiger partial charge in [0.2, 0.25) is 11.8 Å². The van der Waals surface area contributed by atoms with E-state index in [4.69, 9.17) is 10.5 Å². The van der Waals surface area contributed by atoms with Crippen molar-refractivity contribution in [1.82, 2.24) is 15.5 Å². The van der Waals surface area contributed by atoms with Gasteiger partial charge in [0, 0.05) is 5.56 Å². The van der Waals surface area contributed by atoms with Crippen LogP contribution in [0.25, 0.3) is 0 Å². The first-order valence-corrected chi connectivity index (χ1v) is 9.30. The van der Waals surface area contributed by atoms with Gasteiger partial charge in [-0.15, -0.1) is 0 Å². The molecule has 0 saturated carbocycles. The smallest absolute Gasteiger partial charge is 0.325 e. The maximum absolute atomic E-state index is 12.9. The molecule has 3 rings (SSSR count). The number of ether oxygens (including phenoxy) is 1. The monoisotopic (exact) mass is 410 g/mol. The quantitative estimate of drug-likeness (QED) is 0.437. The number of rotatable bonds is 8. The molecule has 0 radical (unpaired) electrons. The number of nitrogens with one attached hydrogen (secondary N) is 2. The predicted molar refractivity (Wildman–Crippen MR) is 108 cm³/mol. The molecule has 30 heavy (non-hydrogen) atoms. The van der Waals surface area contributed by atoms with Crippen molar-refractivity contribution in [1.29, 1.82) is 0 Å². The van der Waals surface area contributed by atoms with Gasteiger partial charge in [0.1, 0.15) is 24.4 Å². The molecule has 1 fully saturated rings. The fourth-order valence-electron chi connectivity index (χ4n) is 3.10. The summed E-state index contributed by atoms with van der Waals surface area (Å²) in [7, 11) is 0. The molecular weight excluding hydrogens is 388 g/mol. The Morgan fingerprint density at radius 3 is 2.57 bits per heavy atom. The van der Waals surface area contributed by atoms with E-state index in [0.717, 1.165) is 4.90 Å². The molecule has 0 aromatic heterocycles. The predicted octanol–water partition coefficient (Wildman–Crippen LogP) is 0.748. The van der Waals surface area contributed by atoms with Crippen molar-refractivity contribution in [2.24, 2.45) is 5.73 Å². The third-order valence-electron chi connectivity index (χ3n) is 4.74. The van der Waals surface area contributed by atoms with Crippen LogP contribution in [-0.4, -0.2) is 48.3 Å². The van der Waals surface area contributed by atoms with Gasteiger partial charge in [-0.05, 0) is 36.8 Å². The van der Waals surface area contributed by atoms with Gasteiger partial charge in [-0.2, -0.15) is 0 Å². The maximum atomic E-state index is 12.9. The lowest BCUT2D eigenvalue weighted by Crippen LogP contribution is -2.43. The molecule has 2 aromatic carbocycles. The fourth-order valence-corrected chi connectivity index (χ4v) is 3.10. The molecule has 0 spiro atoms. The summed E-state index contributed by atoms with van der Waals surface area (Å²) in [5, 5.41) is 5.20. The van der Waals surface area contributed by atoms with Gasteiger partial charge in [-0.3, -0.25) is 19.3 Å². The first kappa shape index (κ1) is 20.8. The van der Waals surface area contributed by atoms with Crippen LogP contribution >= 0.6 is 0 Å². The zero-order chi connectivity index (χ0) is 21.7. The lowest BCUT2D eigenvalue weighted by atomic mass is 9.90. The summed E-state index contributed by atoms with van der Waals surface area (Å²) in [6, 6.07) is 14.6. The minimum atomic E-state index is -1.40. The van der Waals surface area contributed by atoms with Gasteiger partial charge in [0.15, 0.2) is 0 Å². The van der Waals surface area contributed by atoms with Gasteiger partial charge in [-0.25, -0.2) is 4.79 Å². The second kappa shape index (κ2) is 8.64. The Morgan fingerprint density at radius 2 is 1.87 bits per heavy atom. The molecule has 9 nitrogen and oxygen atoms in total. The summed E-state index contributed by atoms with van der Waals surface area (Å²) in [5.41, 5.74) is 4.50. The lowest BCUT2D eigenvalue weighted by Gasteiger charge is -2.22. The van der Waals surface area contributed by atoms with Gasteiger partial charge in [0.05, 0.1) is 6.54 Å². The number of urea groups is 1. The van der Waals surface area contributed by atoms with Crippen molar-refractivity contribution in [2.45, 2.75) is 12.5 Å². The van der Waals surface area contributed by atoms with Crippen LogP contribution in [0.1, 0.15) is 22.8 Å². The number of nitrogens with zero attached hydrogens (tertiary/aromatic N) is 1. The first-order chi connectivity index (χ1) is 14.3. The molecule has 4 N–H and O–H groups in total. The highest BCUT2D eigenvalue weighted by Gasteiger charge is 2.49. The number of carbonyl (C=O) groups is 4. The van der Waals surface area contributed by atoms with Crippen LogP contribution in [0.4, 0.5) is 4.79 Å². The zero-order valence-electron chi connectivity index (χ0n) is 16.4. The van der Waals surface area contributed by atoms with E-state index in [0.29, 0.717) is 11.3 Å². The summed E-state index contributed by atoms with van der Waals surface area (Å²) in [6.07, 6.45) is 0. The summed E-state index contributed by atoms with van der Waals surface area (Å²) < 4.78 is 5.48. The van der Waals surface area contributed by atoms with Crippen molar-refractivity contribution >= 4 is 23.8 Å². The first-order valence-electron chi connectivity index (χ1n) is 9.30. The molecule has 156 valence electrons. The average Bonchev–Trinajstić information content (AvgIpc) is 2.96. The minimum absolute atomic E-state index is 0.213. The van der Waals surface area contributed by atoms with Gasteiger partial charge in [0.25, 0.3) is 5.91 Å². The van der Waals surface area contributed by atoms with E-state index >= 15 is 0 Å². The third kappa shape index (κ3) is 4.40. The number of hydrogen-bond acceptors (Lipinski definition) is 5. The molecule has 1 saturated heterocycles. The normalized spacial score (nSPS) is 18.1. The molecule has 1 atom stereocenters. The zero-order valence-corrected chi connectivity index (χ0v) is 16.4. The summed E-state index contributed by atoms with van der Waals surface area (Å²) in [4.78, 5) is 49.7. The SMILES string of the molecule is CC1(c2cccc(C(N)=O)c2)NC(=O)N(CC(=O)NCCOc2ccccc2)C1=O. The van der Waals surface area contributed by atoms with Crippen LogP contribution < -0.4 is 21.1 Å². The van der Waals surface area contributed by atoms with Gasteiger partial charge in [-0.1, -0.05) is 30.3 Å². The molecular formula is C21H22N4O5. The highest BCUT2D eigenvalue weighted by atomic mass is 16.5. The molecule has 1 aliphatic heterocycles. The minimum Gasteiger partial charge on any atom is -0.492 e. The maximum Gasteiger partial charge on any atom is 0.325 e. The Morgan fingerprint density at radius 1 is 1.13 bits per heavy atom. The second-order valence-corrected chi connectivity index (χ2v) is 6.90. The van der Waals surface area contributed by atoms with E-state index in [1.165, 1.54) is 19.1 Å². The lowest BCUT2D eigenvalue weighted by molar-refractivity contribution is -0.134. The van der Waals surface area contributed by atoms with E-state index in [9.17, 15) is 19.2 Å². The molecule has 1 aliphatic rings. The number of imide groups is 1. The van der Waals surface area contributed by atoms with Crippen molar-refractivity contribution in [3.63, 3.8) is 0 Å². The van der Waals surface area contributed by atoms with Crippen LogP contribution in [0.2, 0.25) is 0 Å². The highest BCUT2D eigenvalue weighted by Crippen LogP contribution is 2.29. The van der Waals surface area contributed by atoms with Crippen molar-refractivity contribution in [2.75, 3.05) is 19.7 Å². The van der Waals surface area contributed by atoms with Crippen molar-refractivity contribution < 1.29 is 23.9 Å². The molecule has 2 aromatic rings. The standard InChI is InChI=1S/C21H22N4O5/c1-21(15-7-5-6-14(12-15)18(22)27)19(28)25(20(29)24-21)13-17(26)23-10-11-30-16-8-3-2-4-9-16/h2-9,12H,10-11,13H2,1H3,(H2,22,27)(H,23,26)(H,24,29). The molecule has 0 bridgehead atoms. The van der Waals surface area contributed by atoms with Gasteiger partial charge < -0.3 is 21.1 Å². The third-order valence-corrected chi connectivity index (χ3v) is 4.74. The Balaban J connectivity index is 1.58. The van der Waals surface area contributed by atoms with Gasteiger partial charge >= 0.3 is 6.03 Å². The number of nitrogens with two attached hydrogens (primary N) is 1. The summed E-state index contributed by atoms with van der Waals surface area (Å²) >= 11 is 0. The molecule has 1 unspecified atom stereocenters. The molecule has 9 heteroatoms. The van der Waals surface area contributed by atoms with E-state index < -0.39 is 35.8 Å². The number of hydrogen-bond donors (Lipinski definition) is 3. The number of para-hydroxylation sites is 1. The van der Waals surface area contributed by atoms with Crippen LogP contribution in [0.5, 0.6) is 5.75 Å². The summed E-state index contributed by atoms with van der Waals surface area (Å²) in [5.74, 6) is -1.06. The average molecular weight is 410 g/mol. The highest BCUT2D eigenvalue weighted by molar-refractivity contribution is 6.09. The largest absolute Gasteiger partial charge is 0.492 e. The number of primary amides is 1. The Bertz CT molecular complexity index is 978. The Labute approximate surface area is 173 Å². The Kier molecular flexibility index (Phi) is 6.01. The molecule has 0 aliphatic carbocycles. The van der Waals surface area contributed by atoms with E-state index in [2.05, 4.69) is 10.6 Å². The second-order valence-electron chi connectivity index (χ2n) is 6.90. The summed E-state index contributed by atoms with van der Waals surface area (Å²) in [6.45, 7) is 1.54. The van der Waals surface area contributed by atoms with Crippen LogP contribution in [0.3, 0.4) is 0 Å². The van der Waals surface area contributed by atoms with Crippen LogP contribution in [0, 0.1) is 0 Å². The Hall–Kier alpha value is -3.88. The van der Waals surface area contributed by atoms with Crippen LogP contribution in [0.15, 0.2) is 54.6 Å². The molecule has 1 heterocycles. The van der Waals surface area contributed by atoms with Crippen molar-refractivity contribution in [3.05, 3.63) is 65.7 Å². The van der Waals surface area contributed by atoms with E-state index in [-0.39, 0.29) is 18.7 Å². The van der Waals surface area contributed by atoms with E-state index in [1.54, 1.807) is 24.3 Å². The van der Waals surface area contributed by atoms with Crippen molar-refractivity contribution in [3.8, 4) is 5.75 Å². The van der Waals surface area contributed by atoms with E-state index in [1.807, 2.05) is 18.2 Å². The fraction of sp³-hybridized carbons (Fsp3) is 0.238. The number of carbonyl (C=O) groups excluding carboxylic acids is 4. The van der Waals surface area contributed by atoms with Crippen LogP contribution in [-0.2, 0) is 15.1 Å². The number of amides is 5. The number of benzene rings is 2.